The van der Waals surface area contributed by atoms with E-state index >= 15 is 0 Å². The Morgan fingerprint density at radius 2 is 1.53 bits per heavy atom. The van der Waals surface area contributed by atoms with Crippen LogP contribution in [0.1, 0.15) is 45.5 Å². The normalized spacial score (nSPS) is 30.1. The Morgan fingerprint density at radius 3 is 2.22 bits per heavy atom. The summed E-state index contributed by atoms with van der Waals surface area (Å²) >= 11 is 0. The molecule has 6 atom stereocenters. The molecule has 0 heterocycles. The largest absolute Gasteiger partial charge is 0.497 e. The topological polar surface area (TPSA) is 78.9 Å². The van der Waals surface area contributed by atoms with Crippen LogP contribution in [0.25, 0.3) is 0 Å². The number of rotatable bonds is 5. The lowest BCUT2D eigenvalue weighted by Crippen LogP contribution is -2.46. The molecule has 0 radical (unpaired) electrons. The van der Waals surface area contributed by atoms with Crippen molar-refractivity contribution in [3.8, 4) is 5.75 Å². The van der Waals surface area contributed by atoms with Crippen molar-refractivity contribution in [3.05, 3.63) is 65.2 Å². The molecule has 6 unspecified atom stereocenters. The molecule has 0 aromatic heterocycles. The van der Waals surface area contributed by atoms with Crippen molar-refractivity contribution in [1.82, 2.24) is 0 Å². The van der Waals surface area contributed by atoms with Crippen molar-refractivity contribution in [2.45, 2.75) is 38.4 Å². The predicted molar refractivity (Wildman–Crippen MR) is 115 cm³/mol. The van der Waals surface area contributed by atoms with Gasteiger partial charge in [0.2, 0.25) is 0 Å². The first-order valence-electron chi connectivity index (χ1n) is 11.1. The Labute approximate surface area is 186 Å². The average molecular weight is 434 g/mol. The zero-order chi connectivity index (χ0) is 22.4. The van der Waals surface area contributed by atoms with E-state index < -0.39 is 24.1 Å². The third-order valence-corrected chi connectivity index (χ3v) is 7.33. The fourth-order valence-electron chi connectivity index (χ4n) is 5.98. The molecule has 0 saturated heterocycles. The number of carbonyl (C=O) groups is 3. The highest BCUT2D eigenvalue weighted by Gasteiger charge is 2.64. The van der Waals surface area contributed by atoms with Gasteiger partial charge in [0.15, 0.2) is 0 Å². The van der Waals surface area contributed by atoms with Gasteiger partial charge in [-0.1, -0.05) is 23.8 Å². The van der Waals surface area contributed by atoms with E-state index in [2.05, 4.69) is 0 Å². The van der Waals surface area contributed by atoms with Gasteiger partial charge in [-0.2, -0.15) is 0 Å². The Kier molecular flexibility index (Phi) is 5.24. The highest BCUT2D eigenvalue weighted by Crippen LogP contribution is 2.59. The summed E-state index contributed by atoms with van der Waals surface area (Å²) in [6.07, 6.45) is 0.936. The zero-order valence-electron chi connectivity index (χ0n) is 18.2. The number of methoxy groups -OCH3 is 1. The fraction of sp³-hybridized carbons (Fsp3) is 0.423. The van der Waals surface area contributed by atoms with E-state index in [-0.39, 0.29) is 29.5 Å². The van der Waals surface area contributed by atoms with Crippen LogP contribution in [0.2, 0.25) is 0 Å². The van der Waals surface area contributed by atoms with Gasteiger partial charge in [0, 0.05) is 24.2 Å². The monoisotopic (exact) mass is 434 g/mol. The Morgan fingerprint density at radius 1 is 0.875 bits per heavy atom. The molecule has 0 spiro atoms. The summed E-state index contributed by atoms with van der Waals surface area (Å²) in [7, 11) is 1.53. The molecule has 3 aliphatic carbocycles. The van der Waals surface area contributed by atoms with Gasteiger partial charge in [-0.25, -0.2) is 9.59 Å². The van der Waals surface area contributed by atoms with Crippen LogP contribution >= 0.6 is 0 Å². The van der Waals surface area contributed by atoms with Crippen molar-refractivity contribution in [1.29, 1.82) is 0 Å². The second-order valence-corrected chi connectivity index (χ2v) is 9.10. The second kappa shape index (κ2) is 8.08. The molecule has 0 amide bonds. The lowest BCUT2D eigenvalue weighted by Gasteiger charge is -2.36. The molecule has 3 aliphatic rings. The van der Waals surface area contributed by atoms with E-state index in [1.54, 1.807) is 36.4 Å². The first-order valence-corrected chi connectivity index (χ1v) is 11.1. The maximum absolute atomic E-state index is 13.0. The number of benzene rings is 2. The molecule has 2 aromatic carbocycles. The van der Waals surface area contributed by atoms with Crippen molar-refractivity contribution < 1.29 is 28.6 Å². The van der Waals surface area contributed by atoms with Crippen LogP contribution in [0.3, 0.4) is 0 Å². The van der Waals surface area contributed by atoms with E-state index in [1.807, 2.05) is 19.1 Å². The number of esters is 2. The van der Waals surface area contributed by atoms with Crippen molar-refractivity contribution in [2.24, 2.45) is 23.7 Å². The number of hydrogen-bond acceptors (Lipinski definition) is 6. The van der Waals surface area contributed by atoms with Crippen molar-refractivity contribution >= 4 is 17.7 Å². The fourth-order valence-corrected chi connectivity index (χ4v) is 5.98. The van der Waals surface area contributed by atoms with Crippen LogP contribution in [0.15, 0.2) is 48.5 Å². The van der Waals surface area contributed by atoms with Crippen LogP contribution in [0.4, 0.5) is 0 Å². The summed E-state index contributed by atoms with van der Waals surface area (Å²) < 4.78 is 17.1. The van der Waals surface area contributed by atoms with Crippen molar-refractivity contribution in [2.75, 3.05) is 7.11 Å². The van der Waals surface area contributed by atoms with Crippen LogP contribution in [-0.4, -0.2) is 37.0 Å². The summed E-state index contributed by atoms with van der Waals surface area (Å²) in [6.45, 7) is 1.92. The molecular weight excluding hydrogens is 408 g/mol. The third kappa shape index (κ3) is 3.48. The van der Waals surface area contributed by atoms with E-state index in [0.29, 0.717) is 23.3 Å². The minimum atomic E-state index is -0.629. The number of ether oxygens (including phenoxy) is 3. The van der Waals surface area contributed by atoms with Gasteiger partial charge in [0.25, 0.3) is 0 Å². The van der Waals surface area contributed by atoms with Crippen LogP contribution < -0.4 is 4.74 Å². The SMILES string of the molecule is COc1cccc(C(=O)OC2C3CC(C4CCC(=O)C43)C2OC(=O)c2cccc(C)c2)c1. The van der Waals surface area contributed by atoms with E-state index in [0.717, 1.165) is 18.4 Å². The molecule has 0 N–H and O–H groups in total. The quantitative estimate of drug-likeness (QED) is 0.662. The number of aryl methyl sites for hydroxylation is 1. The smallest absolute Gasteiger partial charge is 0.338 e. The highest BCUT2D eigenvalue weighted by molar-refractivity contribution is 5.91. The number of ketones is 1. The minimum absolute atomic E-state index is 0.0355. The molecule has 166 valence electrons. The standard InChI is InChI=1S/C26H26O6/c1-14-5-3-6-15(11-14)25(28)31-23-19-13-20(22-18(19)9-10-21(22)27)24(23)32-26(29)16-7-4-8-17(12-16)30-2/h3-8,11-12,18-20,22-24H,9-10,13H2,1-2H3. The summed E-state index contributed by atoms with van der Waals surface area (Å²) in [5, 5.41) is 0. The third-order valence-electron chi connectivity index (χ3n) is 7.33. The molecule has 6 nitrogen and oxygen atoms in total. The van der Waals surface area contributed by atoms with Gasteiger partial charge in [-0.05, 0) is 56.0 Å². The molecule has 6 heteroatoms. The van der Waals surface area contributed by atoms with Crippen LogP contribution in [-0.2, 0) is 14.3 Å². The van der Waals surface area contributed by atoms with Gasteiger partial charge in [0.05, 0.1) is 18.2 Å². The highest BCUT2D eigenvalue weighted by atomic mass is 16.6. The first-order chi connectivity index (χ1) is 15.5. The summed E-state index contributed by atoms with van der Waals surface area (Å²) in [5.74, 6) is -0.0892. The number of carbonyl (C=O) groups excluding carboxylic acids is 3. The number of Topliss-reactive ketones (excluding diaryl/α,β-unsaturated/α-hetero) is 1. The predicted octanol–water partition coefficient (Wildman–Crippen LogP) is 4.00. The van der Waals surface area contributed by atoms with E-state index in [1.165, 1.54) is 7.11 Å². The molecule has 2 bridgehead atoms. The number of hydrogen-bond donors (Lipinski definition) is 0. The van der Waals surface area contributed by atoms with Gasteiger partial charge in [-0.3, -0.25) is 4.79 Å². The molecule has 3 fully saturated rings. The average Bonchev–Trinajstić information content (AvgIpc) is 3.46. The van der Waals surface area contributed by atoms with E-state index in [9.17, 15) is 14.4 Å². The van der Waals surface area contributed by atoms with Gasteiger partial charge < -0.3 is 14.2 Å². The molecule has 2 aromatic rings. The summed E-state index contributed by atoms with van der Waals surface area (Å²) in [5.41, 5.74) is 1.81. The molecule has 5 rings (SSSR count). The minimum Gasteiger partial charge on any atom is -0.497 e. The lowest BCUT2D eigenvalue weighted by molar-refractivity contribution is -0.127. The maximum atomic E-state index is 13.0. The zero-order valence-corrected chi connectivity index (χ0v) is 18.2. The molecular formula is C26H26O6. The van der Waals surface area contributed by atoms with Crippen molar-refractivity contribution in [3.63, 3.8) is 0 Å². The summed E-state index contributed by atoms with van der Waals surface area (Å²) in [4.78, 5) is 38.4. The van der Waals surface area contributed by atoms with Gasteiger partial charge in [-0.15, -0.1) is 0 Å². The Hall–Kier alpha value is -3.15. The van der Waals surface area contributed by atoms with E-state index in [4.69, 9.17) is 14.2 Å². The Bertz CT molecular complexity index is 1080. The van der Waals surface area contributed by atoms with Crippen LogP contribution in [0.5, 0.6) is 5.75 Å². The van der Waals surface area contributed by atoms with Gasteiger partial charge in [0.1, 0.15) is 23.7 Å². The molecule has 3 saturated carbocycles. The van der Waals surface area contributed by atoms with Crippen LogP contribution in [0, 0.1) is 30.6 Å². The second-order valence-electron chi connectivity index (χ2n) is 9.10. The number of fused-ring (bicyclic) bond motifs is 5. The first kappa shape index (κ1) is 20.7. The van der Waals surface area contributed by atoms with Gasteiger partial charge >= 0.3 is 11.9 Å². The molecule has 0 aliphatic heterocycles. The summed E-state index contributed by atoms with van der Waals surface area (Å²) in [6, 6.07) is 14.0. The Balaban J connectivity index is 1.41. The molecule has 32 heavy (non-hydrogen) atoms. The lowest BCUT2D eigenvalue weighted by atomic mass is 9.78. The maximum Gasteiger partial charge on any atom is 0.338 e.